The number of amides is 1. The molecule has 17 heavy (non-hydrogen) atoms. The van der Waals surface area contributed by atoms with Gasteiger partial charge in [-0.3, -0.25) is 4.79 Å². The van der Waals surface area contributed by atoms with E-state index in [1.807, 2.05) is 4.90 Å². The Kier molecular flexibility index (Phi) is 3.71. The third-order valence-corrected chi connectivity index (χ3v) is 4.75. The molecule has 1 saturated carbocycles. The van der Waals surface area contributed by atoms with Gasteiger partial charge in [-0.2, -0.15) is 0 Å². The number of carbonyl (C=O) groups excluding carboxylic acids is 1. The number of thiocarbonyl (C=S) groups is 1. The second-order valence-electron chi connectivity index (χ2n) is 5.49. The van der Waals surface area contributed by atoms with E-state index in [4.69, 9.17) is 18.0 Å². The van der Waals surface area contributed by atoms with Crippen molar-refractivity contribution in [1.29, 1.82) is 0 Å². The van der Waals surface area contributed by atoms with Gasteiger partial charge in [0.2, 0.25) is 5.91 Å². The second-order valence-corrected chi connectivity index (χ2v) is 5.93. The third-order valence-electron chi connectivity index (χ3n) is 4.36. The average Bonchev–Trinajstić information content (AvgIpc) is 2.64. The summed E-state index contributed by atoms with van der Waals surface area (Å²) in [5, 5.41) is 0. The number of nitrogens with zero attached hydrogens (tertiary/aromatic N) is 1. The van der Waals surface area contributed by atoms with Gasteiger partial charge in [0.05, 0.1) is 10.4 Å². The Balaban J connectivity index is 1.99. The molecular weight excluding hydrogens is 232 g/mol. The first-order chi connectivity index (χ1) is 8.10. The quantitative estimate of drug-likeness (QED) is 0.781. The summed E-state index contributed by atoms with van der Waals surface area (Å²) in [5.41, 5.74) is 5.30. The van der Waals surface area contributed by atoms with Gasteiger partial charge in [-0.15, -0.1) is 0 Å². The van der Waals surface area contributed by atoms with Gasteiger partial charge in [-0.1, -0.05) is 32.0 Å². The monoisotopic (exact) mass is 254 g/mol. The van der Waals surface area contributed by atoms with Crippen LogP contribution in [0.3, 0.4) is 0 Å². The number of hydrogen-bond acceptors (Lipinski definition) is 2. The summed E-state index contributed by atoms with van der Waals surface area (Å²) >= 11 is 5.10. The molecule has 2 rings (SSSR count). The molecule has 1 unspecified atom stereocenters. The van der Waals surface area contributed by atoms with Crippen molar-refractivity contribution in [3.63, 3.8) is 0 Å². The summed E-state index contributed by atoms with van der Waals surface area (Å²) in [6, 6.07) is 0. The zero-order valence-corrected chi connectivity index (χ0v) is 11.4. The lowest BCUT2D eigenvalue weighted by Gasteiger charge is -2.41. The summed E-state index contributed by atoms with van der Waals surface area (Å²) in [6.45, 7) is 4.01. The Morgan fingerprint density at radius 1 is 1.53 bits per heavy atom. The first-order valence-electron chi connectivity index (χ1n) is 6.69. The van der Waals surface area contributed by atoms with Gasteiger partial charge in [0, 0.05) is 13.1 Å². The van der Waals surface area contributed by atoms with E-state index in [1.54, 1.807) is 0 Å². The molecule has 4 heteroatoms. The van der Waals surface area contributed by atoms with Crippen LogP contribution in [0.1, 0.15) is 45.4 Å². The minimum Gasteiger partial charge on any atom is -0.392 e. The topological polar surface area (TPSA) is 46.3 Å². The Morgan fingerprint density at radius 2 is 2.24 bits per heavy atom. The van der Waals surface area contributed by atoms with Crippen molar-refractivity contribution in [2.45, 2.75) is 45.4 Å². The molecule has 0 spiro atoms. The van der Waals surface area contributed by atoms with Crippen LogP contribution in [-0.2, 0) is 4.79 Å². The van der Waals surface area contributed by atoms with Gasteiger partial charge in [-0.25, -0.2) is 0 Å². The fraction of sp³-hybridized carbons (Fsp3) is 0.846. The lowest BCUT2D eigenvalue weighted by Crippen LogP contribution is -2.53. The molecule has 1 aliphatic carbocycles. The van der Waals surface area contributed by atoms with Crippen LogP contribution >= 0.6 is 12.2 Å². The zero-order chi connectivity index (χ0) is 12.5. The zero-order valence-electron chi connectivity index (χ0n) is 10.6. The van der Waals surface area contributed by atoms with E-state index < -0.39 is 5.41 Å². The van der Waals surface area contributed by atoms with Crippen molar-refractivity contribution < 1.29 is 4.79 Å². The molecule has 0 aromatic heterocycles. The van der Waals surface area contributed by atoms with Crippen molar-refractivity contribution in [2.24, 2.45) is 17.1 Å². The SMILES string of the molecule is CCCC1CCN(C(=O)C2(C(N)=S)CCC2)C1. The third kappa shape index (κ3) is 2.19. The average molecular weight is 254 g/mol. The smallest absolute Gasteiger partial charge is 0.235 e. The van der Waals surface area contributed by atoms with Crippen LogP contribution in [0.5, 0.6) is 0 Å². The van der Waals surface area contributed by atoms with Crippen molar-refractivity contribution in [1.82, 2.24) is 4.90 Å². The highest BCUT2D eigenvalue weighted by Crippen LogP contribution is 2.43. The fourth-order valence-electron chi connectivity index (χ4n) is 3.06. The summed E-state index contributed by atoms with van der Waals surface area (Å²) in [5.74, 6) is 0.891. The van der Waals surface area contributed by atoms with Crippen LogP contribution in [0.15, 0.2) is 0 Å². The minimum atomic E-state index is -0.476. The van der Waals surface area contributed by atoms with Crippen LogP contribution in [0, 0.1) is 11.3 Å². The Labute approximate surface area is 109 Å². The molecule has 2 fully saturated rings. The lowest BCUT2D eigenvalue weighted by molar-refractivity contribution is -0.140. The second kappa shape index (κ2) is 4.92. The summed E-state index contributed by atoms with van der Waals surface area (Å²) in [7, 11) is 0. The Morgan fingerprint density at radius 3 is 2.71 bits per heavy atom. The summed E-state index contributed by atoms with van der Waals surface area (Å²) < 4.78 is 0. The molecule has 0 bridgehead atoms. The van der Waals surface area contributed by atoms with Crippen molar-refractivity contribution in [3.05, 3.63) is 0 Å². The number of rotatable bonds is 4. The molecule has 1 heterocycles. The van der Waals surface area contributed by atoms with E-state index in [2.05, 4.69) is 6.92 Å². The molecule has 0 aromatic carbocycles. The van der Waals surface area contributed by atoms with Crippen LogP contribution in [0.25, 0.3) is 0 Å². The Hall–Kier alpha value is -0.640. The van der Waals surface area contributed by atoms with E-state index in [0.29, 0.717) is 10.9 Å². The number of nitrogens with two attached hydrogens (primary N) is 1. The van der Waals surface area contributed by atoms with E-state index in [0.717, 1.165) is 38.8 Å². The molecule has 1 aliphatic heterocycles. The van der Waals surface area contributed by atoms with Crippen molar-refractivity contribution in [3.8, 4) is 0 Å². The summed E-state index contributed by atoms with van der Waals surface area (Å²) in [4.78, 5) is 14.9. The predicted molar refractivity (Wildman–Crippen MR) is 72.7 cm³/mol. The summed E-state index contributed by atoms with van der Waals surface area (Å²) in [6.07, 6.45) is 6.37. The van der Waals surface area contributed by atoms with Gasteiger partial charge in [0.15, 0.2) is 0 Å². The van der Waals surface area contributed by atoms with Gasteiger partial charge in [0.1, 0.15) is 0 Å². The minimum absolute atomic E-state index is 0.204. The first kappa shape index (κ1) is 12.8. The van der Waals surface area contributed by atoms with Crippen molar-refractivity contribution in [2.75, 3.05) is 13.1 Å². The fourth-order valence-corrected chi connectivity index (χ4v) is 3.35. The molecule has 3 nitrogen and oxygen atoms in total. The molecule has 1 amide bonds. The normalized spacial score (nSPS) is 26.6. The largest absolute Gasteiger partial charge is 0.392 e. The van der Waals surface area contributed by atoms with Gasteiger partial charge >= 0.3 is 0 Å². The molecule has 2 aliphatic rings. The molecule has 0 radical (unpaired) electrons. The lowest BCUT2D eigenvalue weighted by atomic mass is 9.67. The van der Waals surface area contributed by atoms with Crippen LogP contribution in [0.4, 0.5) is 0 Å². The van der Waals surface area contributed by atoms with Gasteiger partial charge in [0.25, 0.3) is 0 Å². The molecule has 96 valence electrons. The predicted octanol–water partition coefficient (Wildman–Crippen LogP) is 2.09. The van der Waals surface area contributed by atoms with Gasteiger partial charge < -0.3 is 10.6 Å². The van der Waals surface area contributed by atoms with Crippen LogP contribution in [0.2, 0.25) is 0 Å². The molecule has 0 aromatic rings. The van der Waals surface area contributed by atoms with Gasteiger partial charge in [-0.05, 0) is 31.6 Å². The molecular formula is C13H22N2OS. The van der Waals surface area contributed by atoms with Crippen LogP contribution < -0.4 is 5.73 Å². The number of carbonyl (C=O) groups is 1. The maximum Gasteiger partial charge on any atom is 0.235 e. The van der Waals surface area contributed by atoms with Crippen LogP contribution in [-0.4, -0.2) is 28.9 Å². The molecule has 1 atom stereocenters. The molecule has 2 N–H and O–H groups in total. The molecule has 1 saturated heterocycles. The van der Waals surface area contributed by atoms with E-state index in [-0.39, 0.29) is 5.91 Å². The van der Waals surface area contributed by atoms with E-state index in [1.165, 1.54) is 12.8 Å². The number of hydrogen-bond donors (Lipinski definition) is 1. The first-order valence-corrected chi connectivity index (χ1v) is 7.10. The maximum atomic E-state index is 12.5. The maximum absolute atomic E-state index is 12.5. The van der Waals surface area contributed by atoms with E-state index >= 15 is 0 Å². The highest BCUT2D eigenvalue weighted by molar-refractivity contribution is 7.80. The highest BCUT2D eigenvalue weighted by atomic mass is 32.1. The van der Waals surface area contributed by atoms with Crippen molar-refractivity contribution >= 4 is 23.1 Å². The highest BCUT2D eigenvalue weighted by Gasteiger charge is 2.49. The standard InChI is InChI=1S/C13H22N2OS/c1-2-4-10-5-8-15(9-10)12(16)13(11(14)17)6-3-7-13/h10H,2-9H2,1H3,(H2,14,17). The van der Waals surface area contributed by atoms with E-state index in [9.17, 15) is 4.79 Å². The number of likely N-dealkylation sites (tertiary alicyclic amines) is 1. The Bertz CT molecular complexity index is 325.